The highest BCUT2D eigenvalue weighted by molar-refractivity contribution is 6.13. The zero-order chi connectivity index (χ0) is 31.3. The first kappa shape index (κ1) is 28.2. The zero-order valence-corrected chi connectivity index (χ0v) is 26.7. The Labute approximate surface area is 272 Å². The summed E-state index contributed by atoms with van der Waals surface area (Å²) in [7, 11) is 0. The van der Waals surface area contributed by atoms with Crippen molar-refractivity contribution < 1.29 is 0 Å². The quantitative estimate of drug-likeness (QED) is 0.189. The van der Waals surface area contributed by atoms with Crippen molar-refractivity contribution in [2.45, 2.75) is 38.6 Å². The lowest BCUT2D eigenvalue weighted by Gasteiger charge is -2.23. The fraction of sp³-hybridized carbons (Fsp3) is 0.133. The van der Waals surface area contributed by atoms with Gasteiger partial charge in [0.25, 0.3) is 0 Å². The number of fused-ring (bicyclic) bond motifs is 3. The fourth-order valence-electron chi connectivity index (χ4n) is 7.48. The third-order valence-electron chi connectivity index (χ3n) is 9.96. The van der Waals surface area contributed by atoms with Crippen molar-refractivity contribution in [2.24, 2.45) is 4.99 Å². The molecule has 1 aliphatic heterocycles. The summed E-state index contributed by atoms with van der Waals surface area (Å²) in [6, 6.07) is 53.2. The molecule has 0 fully saturated rings. The molecule has 0 bridgehead atoms. The van der Waals surface area contributed by atoms with E-state index in [2.05, 4.69) is 172 Å². The Morgan fingerprint density at radius 3 is 1.96 bits per heavy atom. The second-order valence-corrected chi connectivity index (χ2v) is 13.2. The van der Waals surface area contributed by atoms with E-state index in [0.29, 0.717) is 0 Å². The highest BCUT2D eigenvalue weighted by Gasteiger charge is 2.35. The van der Waals surface area contributed by atoms with Crippen LogP contribution in [-0.4, -0.2) is 5.71 Å². The van der Waals surface area contributed by atoms with Crippen LogP contribution in [0.3, 0.4) is 0 Å². The Morgan fingerprint density at radius 2 is 1.17 bits per heavy atom. The fourth-order valence-corrected chi connectivity index (χ4v) is 7.48. The predicted octanol–water partition coefficient (Wildman–Crippen LogP) is 11.7. The molecule has 0 saturated carbocycles. The van der Waals surface area contributed by atoms with Crippen molar-refractivity contribution in [3.05, 3.63) is 185 Å². The Kier molecular flexibility index (Phi) is 6.91. The van der Waals surface area contributed by atoms with Gasteiger partial charge in [-0.3, -0.25) is 4.99 Å². The first-order chi connectivity index (χ1) is 22.5. The molecular formula is C45H37N. The topological polar surface area (TPSA) is 12.4 Å². The van der Waals surface area contributed by atoms with Crippen molar-refractivity contribution in [3.8, 4) is 33.4 Å². The van der Waals surface area contributed by atoms with E-state index in [1.54, 1.807) is 0 Å². The number of dihydropyridines is 1. The Bertz CT molecular complexity index is 2150. The molecule has 0 saturated heterocycles. The standard InChI is InChI=1S/C45H37N/c1-30-25-33(34-22-24-42-40(27-34)39-19-10-11-20-41(39)45(42,2)3)21-23-38(30)35-17-12-18-36(26-35)44-29-37(31-13-6-4-7-14-31)28-43(46-44)32-15-8-5-9-16-32/h4-28,44H,29H2,1-3H3. The van der Waals surface area contributed by atoms with E-state index in [4.69, 9.17) is 4.99 Å². The summed E-state index contributed by atoms with van der Waals surface area (Å²) in [4.78, 5) is 5.30. The summed E-state index contributed by atoms with van der Waals surface area (Å²) < 4.78 is 0. The average Bonchev–Trinajstić information content (AvgIpc) is 3.34. The number of nitrogens with zero attached hydrogens (tertiary/aromatic N) is 1. The summed E-state index contributed by atoms with van der Waals surface area (Å²) in [6.45, 7) is 6.91. The first-order valence-corrected chi connectivity index (χ1v) is 16.3. The molecule has 0 amide bonds. The number of aryl methyl sites for hydroxylation is 1. The molecule has 6 aromatic rings. The third kappa shape index (κ3) is 4.93. The lowest BCUT2D eigenvalue weighted by molar-refractivity contribution is 0.660. The molecule has 1 unspecified atom stereocenters. The van der Waals surface area contributed by atoms with Crippen LogP contribution in [-0.2, 0) is 5.41 Å². The lowest BCUT2D eigenvalue weighted by Crippen LogP contribution is -2.14. The van der Waals surface area contributed by atoms with Gasteiger partial charge < -0.3 is 0 Å². The average molecular weight is 592 g/mol. The molecule has 1 atom stereocenters. The van der Waals surface area contributed by atoms with E-state index < -0.39 is 0 Å². The molecule has 1 heteroatoms. The van der Waals surface area contributed by atoms with E-state index in [9.17, 15) is 0 Å². The van der Waals surface area contributed by atoms with Gasteiger partial charge in [-0.1, -0.05) is 147 Å². The van der Waals surface area contributed by atoms with Crippen LogP contribution < -0.4 is 0 Å². The third-order valence-corrected chi connectivity index (χ3v) is 9.96. The van der Waals surface area contributed by atoms with Gasteiger partial charge in [-0.25, -0.2) is 0 Å². The number of hydrogen-bond donors (Lipinski definition) is 0. The number of benzene rings is 6. The molecule has 0 spiro atoms. The molecule has 1 nitrogen and oxygen atoms in total. The second-order valence-electron chi connectivity index (χ2n) is 13.2. The summed E-state index contributed by atoms with van der Waals surface area (Å²) in [5.74, 6) is 0. The van der Waals surface area contributed by atoms with E-state index in [0.717, 1.165) is 17.7 Å². The molecular weight excluding hydrogens is 555 g/mol. The van der Waals surface area contributed by atoms with Gasteiger partial charge in [0.2, 0.25) is 0 Å². The molecule has 0 radical (unpaired) electrons. The normalized spacial score (nSPS) is 16.3. The number of rotatable bonds is 5. The van der Waals surface area contributed by atoms with Crippen molar-refractivity contribution in [2.75, 3.05) is 0 Å². The van der Waals surface area contributed by atoms with E-state index in [1.807, 2.05) is 0 Å². The monoisotopic (exact) mass is 591 g/mol. The number of hydrogen-bond acceptors (Lipinski definition) is 1. The van der Waals surface area contributed by atoms with Gasteiger partial charge in [0, 0.05) is 5.41 Å². The van der Waals surface area contributed by atoms with E-state index in [-0.39, 0.29) is 11.5 Å². The summed E-state index contributed by atoms with van der Waals surface area (Å²) in [6.07, 6.45) is 3.15. The summed E-state index contributed by atoms with van der Waals surface area (Å²) in [5.41, 5.74) is 17.9. The van der Waals surface area contributed by atoms with Crippen molar-refractivity contribution in [3.63, 3.8) is 0 Å². The molecule has 46 heavy (non-hydrogen) atoms. The summed E-state index contributed by atoms with van der Waals surface area (Å²) >= 11 is 0. The Hall–Kier alpha value is -5.27. The molecule has 6 aromatic carbocycles. The maximum Gasteiger partial charge on any atom is 0.0797 e. The maximum absolute atomic E-state index is 5.30. The minimum atomic E-state index is 0.0249. The van der Waals surface area contributed by atoms with Crippen molar-refractivity contribution >= 4 is 11.3 Å². The van der Waals surface area contributed by atoms with Gasteiger partial charge in [0.05, 0.1) is 11.8 Å². The van der Waals surface area contributed by atoms with Crippen LogP contribution in [0.25, 0.3) is 39.0 Å². The minimum Gasteiger partial charge on any atom is -0.276 e. The van der Waals surface area contributed by atoms with Crippen LogP contribution in [0.15, 0.2) is 157 Å². The van der Waals surface area contributed by atoms with Crippen LogP contribution in [0, 0.1) is 6.92 Å². The van der Waals surface area contributed by atoms with Gasteiger partial charge in [0.1, 0.15) is 0 Å². The Morgan fingerprint density at radius 1 is 0.522 bits per heavy atom. The van der Waals surface area contributed by atoms with Gasteiger partial charge in [-0.2, -0.15) is 0 Å². The van der Waals surface area contributed by atoms with Crippen LogP contribution >= 0.6 is 0 Å². The van der Waals surface area contributed by atoms with Gasteiger partial charge >= 0.3 is 0 Å². The van der Waals surface area contributed by atoms with Gasteiger partial charge in [-0.15, -0.1) is 0 Å². The minimum absolute atomic E-state index is 0.0249. The molecule has 0 aromatic heterocycles. The van der Waals surface area contributed by atoms with Crippen molar-refractivity contribution in [1.29, 1.82) is 0 Å². The largest absolute Gasteiger partial charge is 0.276 e. The van der Waals surface area contributed by atoms with Crippen LogP contribution in [0.5, 0.6) is 0 Å². The second kappa shape index (κ2) is 11.3. The van der Waals surface area contributed by atoms with Gasteiger partial charge in [0.15, 0.2) is 0 Å². The van der Waals surface area contributed by atoms with Crippen molar-refractivity contribution in [1.82, 2.24) is 0 Å². The van der Waals surface area contributed by atoms with Crippen LogP contribution in [0.4, 0.5) is 0 Å². The lowest BCUT2D eigenvalue weighted by atomic mass is 9.82. The maximum atomic E-state index is 5.30. The summed E-state index contributed by atoms with van der Waals surface area (Å²) in [5, 5.41) is 0. The number of allylic oxidation sites excluding steroid dienone is 1. The molecule has 8 rings (SSSR count). The Balaban J connectivity index is 1.13. The molecule has 0 N–H and O–H groups in total. The highest BCUT2D eigenvalue weighted by atomic mass is 14.8. The van der Waals surface area contributed by atoms with E-state index >= 15 is 0 Å². The smallest absolute Gasteiger partial charge is 0.0797 e. The molecule has 1 heterocycles. The first-order valence-electron chi connectivity index (χ1n) is 16.3. The van der Waals surface area contributed by atoms with Crippen LogP contribution in [0.1, 0.15) is 59.7 Å². The number of aliphatic imine (C=N–C) groups is 1. The van der Waals surface area contributed by atoms with Crippen LogP contribution in [0.2, 0.25) is 0 Å². The SMILES string of the molecule is Cc1cc(-c2ccc3c(c2)-c2ccccc2C3(C)C)ccc1-c1cccc(C2CC(c3ccccc3)=CC(c3ccccc3)=N2)c1. The zero-order valence-electron chi connectivity index (χ0n) is 26.7. The van der Waals surface area contributed by atoms with Gasteiger partial charge in [-0.05, 0) is 104 Å². The molecule has 1 aliphatic carbocycles. The molecule has 2 aliphatic rings. The highest BCUT2D eigenvalue weighted by Crippen LogP contribution is 2.49. The molecule has 222 valence electrons. The van der Waals surface area contributed by atoms with E-state index in [1.165, 1.54) is 66.8 Å². The predicted molar refractivity (Wildman–Crippen MR) is 194 cm³/mol.